The van der Waals surface area contributed by atoms with E-state index in [9.17, 15) is 9.59 Å². The Morgan fingerprint density at radius 1 is 1.16 bits per heavy atom. The number of benzene rings is 2. The van der Waals surface area contributed by atoms with Crippen LogP contribution in [-0.2, 0) is 6.42 Å². The molecule has 6 heteroatoms. The Bertz CT molecular complexity index is 973. The molecule has 0 aliphatic carbocycles. The number of fused-ring (bicyclic) bond motifs is 1. The van der Waals surface area contributed by atoms with Crippen molar-refractivity contribution in [2.45, 2.75) is 6.42 Å². The van der Waals surface area contributed by atoms with Gasteiger partial charge >= 0.3 is 0 Å². The molecule has 0 atom stereocenters. The van der Waals surface area contributed by atoms with Crippen molar-refractivity contribution in [2.75, 3.05) is 6.54 Å². The summed E-state index contributed by atoms with van der Waals surface area (Å²) >= 11 is 0. The Kier molecular flexibility index (Phi) is 3.57. The number of nitrogens with two attached hydrogens (primary N) is 1. The van der Waals surface area contributed by atoms with Crippen molar-refractivity contribution in [3.8, 4) is 17.1 Å². The van der Waals surface area contributed by atoms with Gasteiger partial charge in [-0.15, -0.1) is 0 Å². The highest BCUT2D eigenvalue weighted by atomic mass is 16.2. The summed E-state index contributed by atoms with van der Waals surface area (Å²) in [7, 11) is 0. The Morgan fingerprint density at radius 2 is 1.96 bits per heavy atom. The Hall–Kier alpha value is -3.41. The van der Waals surface area contributed by atoms with Crippen LogP contribution in [0.1, 0.15) is 26.3 Å². The van der Waals surface area contributed by atoms with Gasteiger partial charge in [0.15, 0.2) is 0 Å². The summed E-state index contributed by atoms with van der Waals surface area (Å²) in [6.07, 6.45) is 4.39. The molecule has 0 unspecified atom stereocenters. The van der Waals surface area contributed by atoms with Crippen molar-refractivity contribution < 1.29 is 9.59 Å². The molecule has 6 nitrogen and oxygen atoms in total. The van der Waals surface area contributed by atoms with E-state index in [0.717, 1.165) is 29.1 Å². The molecule has 3 N–H and O–H groups in total. The summed E-state index contributed by atoms with van der Waals surface area (Å²) < 4.78 is 1.92. The smallest absolute Gasteiger partial charge is 0.251 e. The number of aromatic nitrogens is 2. The second-order valence-corrected chi connectivity index (χ2v) is 5.91. The molecule has 4 rings (SSSR count). The molecule has 0 saturated carbocycles. The van der Waals surface area contributed by atoms with Crippen LogP contribution in [0.2, 0.25) is 0 Å². The number of carbonyl (C=O) groups excluding carboxylic acids is 2. The number of nitrogens with zero attached hydrogens (tertiary/aromatic N) is 2. The fourth-order valence-electron chi connectivity index (χ4n) is 3.06. The molecule has 2 heterocycles. The molecule has 0 spiro atoms. The highest BCUT2D eigenvalue weighted by Gasteiger charge is 2.18. The molecule has 2 amide bonds. The van der Waals surface area contributed by atoms with Gasteiger partial charge in [0, 0.05) is 41.3 Å². The van der Waals surface area contributed by atoms with Crippen LogP contribution in [0, 0.1) is 0 Å². The van der Waals surface area contributed by atoms with Crippen LogP contribution in [-0.4, -0.2) is 27.9 Å². The van der Waals surface area contributed by atoms with E-state index in [2.05, 4.69) is 10.3 Å². The summed E-state index contributed by atoms with van der Waals surface area (Å²) in [5, 5.41) is 2.87. The van der Waals surface area contributed by atoms with Gasteiger partial charge in [0.2, 0.25) is 5.91 Å². The van der Waals surface area contributed by atoms with Gasteiger partial charge < -0.3 is 11.1 Å². The van der Waals surface area contributed by atoms with Crippen LogP contribution >= 0.6 is 0 Å². The molecule has 0 fully saturated rings. The predicted molar refractivity (Wildman–Crippen MR) is 93.6 cm³/mol. The van der Waals surface area contributed by atoms with Gasteiger partial charge in [0.25, 0.3) is 5.91 Å². The number of rotatable bonds is 3. The molecular weight excluding hydrogens is 316 g/mol. The molecule has 1 aliphatic heterocycles. The molecule has 1 aliphatic rings. The Balaban J connectivity index is 1.76. The average Bonchev–Trinajstić information content (AvgIpc) is 3.11. The number of nitrogens with one attached hydrogen (secondary N) is 1. The fraction of sp³-hybridized carbons (Fsp3) is 0.105. The molecule has 124 valence electrons. The van der Waals surface area contributed by atoms with E-state index in [0.29, 0.717) is 17.7 Å². The zero-order valence-corrected chi connectivity index (χ0v) is 13.4. The van der Waals surface area contributed by atoms with Crippen molar-refractivity contribution >= 4 is 11.8 Å². The molecular formula is C19H16N4O2. The predicted octanol–water partition coefficient (Wildman–Crippen LogP) is 1.92. The monoisotopic (exact) mass is 332 g/mol. The fourth-order valence-corrected chi connectivity index (χ4v) is 3.06. The first-order chi connectivity index (χ1) is 12.1. The van der Waals surface area contributed by atoms with E-state index >= 15 is 0 Å². The highest BCUT2D eigenvalue weighted by Crippen LogP contribution is 2.24. The van der Waals surface area contributed by atoms with Crippen LogP contribution in [0.5, 0.6) is 0 Å². The maximum atomic E-state index is 12.1. The molecule has 0 radical (unpaired) electrons. The van der Waals surface area contributed by atoms with Crippen molar-refractivity contribution in [3.63, 3.8) is 0 Å². The minimum Gasteiger partial charge on any atom is -0.366 e. The number of imidazole rings is 1. The van der Waals surface area contributed by atoms with E-state index < -0.39 is 5.91 Å². The maximum Gasteiger partial charge on any atom is 0.251 e. The van der Waals surface area contributed by atoms with Gasteiger partial charge in [-0.05, 0) is 36.2 Å². The molecule has 3 aromatic rings. The van der Waals surface area contributed by atoms with Crippen LogP contribution in [0.3, 0.4) is 0 Å². The normalized spacial score (nSPS) is 13.2. The SMILES string of the molecule is NC(=O)c1ccc(-c2nccn2-c2ccc3c(c2)C(=O)NCC3)cc1. The van der Waals surface area contributed by atoms with Crippen LogP contribution < -0.4 is 11.1 Å². The summed E-state index contributed by atoms with van der Waals surface area (Å²) in [6, 6.07) is 12.8. The van der Waals surface area contributed by atoms with E-state index in [1.165, 1.54) is 0 Å². The van der Waals surface area contributed by atoms with Crippen molar-refractivity contribution in [1.29, 1.82) is 0 Å². The van der Waals surface area contributed by atoms with Crippen molar-refractivity contribution in [3.05, 3.63) is 71.5 Å². The second-order valence-electron chi connectivity index (χ2n) is 5.91. The Labute approximate surface area is 144 Å². The minimum absolute atomic E-state index is 0.0458. The highest BCUT2D eigenvalue weighted by molar-refractivity contribution is 5.97. The van der Waals surface area contributed by atoms with E-state index in [4.69, 9.17) is 5.73 Å². The lowest BCUT2D eigenvalue weighted by molar-refractivity contribution is 0.0944. The number of hydrogen-bond donors (Lipinski definition) is 2. The Morgan fingerprint density at radius 3 is 2.72 bits per heavy atom. The quantitative estimate of drug-likeness (QED) is 0.768. The summed E-state index contributed by atoms with van der Waals surface area (Å²) in [5.74, 6) is 0.221. The zero-order valence-electron chi connectivity index (χ0n) is 13.4. The lowest BCUT2D eigenvalue weighted by Crippen LogP contribution is -2.31. The average molecular weight is 332 g/mol. The molecule has 2 aromatic carbocycles. The van der Waals surface area contributed by atoms with Crippen LogP contribution in [0.15, 0.2) is 54.9 Å². The number of carbonyl (C=O) groups is 2. The minimum atomic E-state index is -0.462. The number of primary amides is 1. The summed E-state index contributed by atoms with van der Waals surface area (Å²) in [6.45, 7) is 0.674. The topological polar surface area (TPSA) is 90.0 Å². The van der Waals surface area contributed by atoms with Gasteiger partial charge in [-0.3, -0.25) is 14.2 Å². The number of amides is 2. The third-order valence-electron chi connectivity index (χ3n) is 4.36. The molecule has 25 heavy (non-hydrogen) atoms. The maximum absolute atomic E-state index is 12.1. The molecule has 1 aromatic heterocycles. The van der Waals surface area contributed by atoms with Gasteiger partial charge in [-0.25, -0.2) is 4.98 Å². The standard InChI is InChI=1S/C19H16N4O2/c20-17(24)13-1-3-14(4-2-13)18-21-9-10-23(18)15-6-5-12-7-8-22-19(25)16(12)11-15/h1-6,9-11H,7-8H2,(H2,20,24)(H,22,25). The number of hydrogen-bond acceptors (Lipinski definition) is 3. The van der Waals surface area contributed by atoms with E-state index in [1.807, 2.05) is 41.1 Å². The van der Waals surface area contributed by atoms with Gasteiger partial charge in [-0.1, -0.05) is 18.2 Å². The molecule has 0 saturated heterocycles. The van der Waals surface area contributed by atoms with Crippen LogP contribution in [0.25, 0.3) is 17.1 Å². The van der Waals surface area contributed by atoms with Crippen molar-refractivity contribution in [2.24, 2.45) is 5.73 Å². The third kappa shape index (κ3) is 2.67. The lowest BCUT2D eigenvalue weighted by atomic mass is 9.99. The zero-order chi connectivity index (χ0) is 17.4. The summed E-state index contributed by atoms with van der Waals surface area (Å²) in [5.41, 5.74) is 9.21. The summed E-state index contributed by atoms with van der Waals surface area (Å²) in [4.78, 5) is 27.7. The van der Waals surface area contributed by atoms with E-state index in [-0.39, 0.29) is 5.91 Å². The lowest BCUT2D eigenvalue weighted by Gasteiger charge is -2.18. The first-order valence-electron chi connectivity index (χ1n) is 7.98. The van der Waals surface area contributed by atoms with Gasteiger partial charge in [0.1, 0.15) is 5.82 Å². The van der Waals surface area contributed by atoms with Crippen molar-refractivity contribution in [1.82, 2.24) is 14.9 Å². The van der Waals surface area contributed by atoms with Gasteiger partial charge in [0.05, 0.1) is 0 Å². The molecule has 0 bridgehead atoms. The second kappa shape index (κ2) is 5.90. The van der Waals surface area contributed by atoms with Gasteiger partial charge in [-0.2, -0.15) is 0 Å². The van der Waals surface area contributed by atoms with Crippen LogP contribution in [0.4, 0.5) is 0 Å². The third-order valence-corrected chi connectivity index (χ3v) is 4.36. The first kappa shape index (κ1) is 15.1. The first-order valence-corrected chi connectivity index (χ1v) is 7.98. The largest absolute Gasteiger partial charge is 0.366 e. The van der Waals surface area contributed by atoms with E-state index in [1.54, 1.807) is 18.3 Å².